The molecule has 5 rings (SSSR count). The molecule has 0 spiro atoms. The van der Waals surface area contributed by atoms with Gasteiger partial charge < -0.3 is 19.6 Å². The Morgan fingerprint density at radius 2 is 2.03 bits per heavy atom. The zero-order chi connectivity index (χ0) is 22.4. The number of carbonyl (C=O) groups excluding carboxylic acids is 2. The highest BCUT2D eigenvalue weighted by Crippen LogP contribution is 2.44. The molecule has 32 heavy (non-hydrogen) atoms. The lowest BCUT2D eigenvalue weighted by atomic mass is 9.98. The molecule has 1 fully saturated rings. The number of ether oxygens (including phenoxy) is 1. The van der Waals surface area contributed by atoms with Gasteiger partial charge in [0.1, 0.15) is 24.2 Å². The van der Waals surface area contributed by atoms with Gasteiger partial charge in [-0.2, -0.15) is 0 Å². The predicted octanol–water partition coefficient (Wildman–Crippen LogP) is 4.57. The highest BCUT2D eigenvalue weighted by molar-refractivity contribution is 7.10. The summed E-state index contributed by atoms with van der Waals surface area (Å²) in [6.45, 7) is 3.61. The third-order valence-electron chi connectivity index (χ3n) is 5.92. The molecule has 6 nitrogen and oxygen atoms in total. The molecular weight excluding hydrogens is 444 g/mol. The van der Waals surface area contributed by atoms with Crippen LogP contribution in [0.25, 0.3) is 5.76 Å². The first-order chi connectivity index (χ1) is 15.5. The first kappa shape index (κ1) is 20.8. The average molecular weight is 467 g/mol. The summed E-state index contributed by atoms with van der Waals surface area (Å²) in [4.78, 5) is 31.8. The topological polar surface area (TPSA) is 70.1 Å². The highest BCUT2D eigenvalue weighted by atomic mass is 32.1. The number of likely N-dealkylation sites (N-methyl/N-ethyl adjacent to an activating group) is 1. The molecule has 0 bridgehead atoms. The number of aliphatic hydroxyl groups excluding tert-OH is 1. The van der Waals surface area contributed by atoms with Crippen molar-refractivity contribution < 1.29 is 19.4 Å². The number of aliphatic hydroxyl groups is 1. The fourth-order valence-corrected chi connectivity index (χ4v) is 5.95. The van der Waals surface area contributed by atoms with Gasteiger partial charge in [0, 0.05) is 22.4 Å². The fraction of sp³-hybridized carbons (Fsp3) is 0.250. The van der Waals surface area contributed by atoms with E-state index in [0.717, 1.165) is 33.3 Å². The van der Waals surface area contributed by atoms with E-state index in [2.05, 4.69) is 0 Å². The Bertz CT molecular complexity index is 1230. The average Bonchev–Trinajstić information content (AvgIpc) is 3.51. The fourth-order valence-electron chi connectivity index (χ4n) is 4.20. The lowest BCUT2D eigenvalue weighted by Gasteiger charge is -2.28. The Hall–Kier alpha value is -3.10. The van der Waals surface area contributed by atoms with Gasteiger partial charge >= 0.3 is 0 Å². The maximum atomic E-state index is 13.2. The molecule has 1 N–H and O–H groups in total. The molecule has 164 valence electrons. The van der Waals surface area contributed by atoms with Crippen LogP contribution in [0.2, 0.25) is 0 Å². The summed E-state index contributed by atoms with van der Waals surface area (Å²) in [6.07, 6.45) is 0. The number of likely N-dealkylation sites (tertiary alicyclic amines) is 1. The van der Waals surface area contributed by atoms with Crippen LogP contribution in [-0.2, 0) is 16.1 Å². The second-order valence-corrected chi connectivity index (χ2v) is 9.91. The number of nitrogens with zero attached hydrogens (tertiary/aromatic N) is 2. The molecule has 1 unspecified atom stereocenters. The SMILES string of the molecule is Cc1ccsc1C1/C(=C(/O)c2ccc3c(c2)N(C)CCO3)C(=O)C(=O)N1Cc1cccs1. The minimum atomic E-state index is -0.654. The molecule has 1 aromatic carbocycles. The minimum absolute atomic E-state index is 0.136. The van der Waals surface area contributed by atoms with E-state index in [1.165, 1.54) is 22.7 Å². The third kappa shape index (κ3) is 3.40. The van der Waals surface area contributed by atoms with Gasteiger partial charge in [0.25, 0.3) is 11.7 Å². The van der Waals surface area contributed by atoms with Crippen molar-refractivity contribution in [3.05, 3.63) is 73.6 Å². The molecule has 1 amide bonds. The number of anilines is 1. The number of carbonyl (C=O) groups is 2. The van der Waals surface area contributed by atoms with E-state index in [-0.39, 0.29) is 11.3 Å². The number of benzene rings is 1. The molecule has 2 aromatic heterocycles. The molecule has 0 aliphatic carbocycles. The highest BCUT2D eigenvalue weighted by Gasteiger charge is 2.47. The van der Waals surface area contributed by atoms with E-state index in [1.54, 1.807) is 17.0 Å². The number of fused-ring (bicyclic) bond motifs is 1. The molecule has 1 saturated heterocycles. The Morgan fingerprint density at radius 3 is 2.75 bits per heavy atom. The largest absolute Gasteiger partial charge is 0.507 e. The lowest BCUT2D eigenvalue weighted by Crippen LogP contribution is -2.28. The van der Waals surface area contributed by atoms with Crippen molar-refractivity contribution in [2.75, 3.05) is 25.1 Å². The summed E-state index contributed by atoms with van der Waals surface area (Å²) in [7, 11) is 1.96. The van der Waals surface area contributed by atoms with Gasteiger partial charge in [-0.1, -0.05) is 6.07 Å². The summed E-state index contributed by atoms with van der Waals surface area (Å²) in [5, 5.41) is 15.2. The van der Waals surface area contributed by atoms with Crippen molar-refractivity contribution in [2.45, 2.75) is 19.5 Å². The van der Waals surface area contributed by atoms with Gasteiger partial charge in [-0.3, -0.25) is 9.59 Å². The van der Waals surface area contributed by atoms with Crippen LogP contribution < -0.4 is 9.64 Å². The number of Topliss-reactive ketones (excluding diaryl/α,β-unsaturated/α-hetero) is 1. The van der Waals surface area contributed by atoms with Crippen molar-refractivity contribution in [1.29, 1.82) is 0 Å². The van der Waals surface area contributed by atoms with Crippen molar-refractivity contribution in [2.24, 2.45) is 0 Å². The Kier molecular flexibility index (Phi) is 5.27. The summed E-state index contributed by atoms with van der Waals surface area (Å²) in [6, 6.07) is 10.6. The zero-order valence-corrected chi connectivity index (χ0v) is 19.3. The second kappa shape index (κ2) is 8.11. The predicted molar refractivity (Wildman–Crippen MR) is 126 cm³/mol. The Labute approximate surface area is 194 Å². The number of amides is 1. The monoisotopic (exact) mass is 466 g/mol. The van der Waals surface area contributed by atoms with Gasteiger partial charge in [-0.25, -0.2) is 0 Å². The molecule has 1 atom stereocenters. The number of rotatable bonds is 4. The van der Waals surface area contributed by atoms with E-state index in [0.29, 0.717) is 18.7 Å². The van der Waals surface area contributed by atoms with Crippen LogP contribution in [0.5, 0.6) is 5.75 Å². The smallest absolute Gasteiger partial charge is 0.296 e. The Balaban J connectivity index is 1.64. The summed E-state index contributed by atoms with van der Waals surface area (Å²) >= 11 is 3.03. The van der Waals surface area contributed by atoms with Gasteiger partial charge in [-0.05, 0) is 53.6 Å². The van der Waals surface area contributed by atoms with Gasteiger partial charge in [0.2, 0.25) is 0 Å². The maximum absolute atomic E-state index is 13.2. The van der Waals surface area contributed by atoms with E-state index in [1.807, 2.05) is 53.9 Å². The van der Waals surface area contributed by atoms with Crippen molar-refractivity contribution >= 4 is 45.8 Å². The van der Waals surface area contributed by atoms with Crippen LogP contribution in [0.1, 0.15) is 26.9 Å². The van der Waals surface area contributed by atoms with E-state index >= 15 is 0 Å². The molecule has 0 radical (unpaired) electrons. The first-order valence-electron chi connectivity index (χ1n) is 10.3. The first-order valence-corrected chi connectivity index (χ1v) is 12.0. The number of thiophene rings is 2. The minimum Gasteiger partial charge on any atom is -0.507 e. The lowest BCUT2D eigenvalue weighted by molar-refractivity contribution is -0.140. The molecule has 0 saturated carbocycles. The number of hydrogen-bond donors (Lipinski definition) is 1. The molecule has 2 aliphatic rings. The van der Waals surface area contributed by atoms with Crippen molar-refractivity contribution in [3.8, 4) is 5.75 Å². The van der Waals surface area contributed by atoms with Crippen LogP contribution in [0.15, 0.2) is 52.7 Å². The normalized spacial score (nSPS) is 19.9. The van der Waals surface area contributed by atoms with E-state index in [9.17, 15) is 14.7 Å². The van der Waals surface area contributed by atoms with Crippen molar-refractivity contribution in [1.82, 2.24) is 4.90 Å². The van der Waals surface area contributed by atoms with Crippen LogP contribution in [0.4, 0.5) is 5.69 Å². The zero-order valence-electron chi connectivity index (χ0n) is 17.7. The molecule has 2 aliphatic heterocycles. The number of aryl methyl sites for hydroxylation is 1. The molecule has 8 heteroatoms. The molecule has 4 heterocycles. The van der Waals surface area contributed by atoms with Gasteiger partial charge in [0.05, 0.1) is 24.4 Å². The van der Waals surface area contributed by atoms with Crippen LogP contribution in [0.3, 0.4) is 0 Å². The third-order valence-corrected chi connectivity index (χ3v) is 7.86. The van der Waals surface area contributed by atoms with Gasteiger partial charge in [0.15, 0.2) is 0 Å². The van der Waals surface area contributed by atoms with Gasteiger partial charge in [-0.15, -0.1) is 22.7 Å². The number of hydrogen-bond acceptors (Lipinski definition) is 7. The van der Waals surface area contributed by atoms with E-state index in [4.69, 9.17) is 4.74 Å². The summed E-state index contributed by atoms with van der Waals surface area (Å²) < 4.78 is 5.70. The Morgan fingerprint density at radius 1 is 1.19 bits per heavy atom. The molecule has 3 aromatic rings. The molecular formula is C24H22N2O4S2. The standard InChI is InChI=1S/C24H22N2O4S2/c1-14-7-11-32-23(14)20-19(22(28)24(29)26(20)13-16-4-3-10-31-16)21(27)15-5-6-18-17(12-15)25(2)8-9-30-18/h3-7,10-12,20,27H,8-9,13H2,1-2H3/b21-19-. The number of ketones is 1. The summed E-state index contributed by atoms with van der Waals surface area (Å²) in [5.41, 5.74) is 2.46. The van der Waals surface area contributed by atoms with Crippen LogP contribution in [0, 0.1) is 6.92 Å². The maximum Gasteiger partial charge on any atom is 0.296 e. The summed E-state index contributed by atoms with van der Waals surface area (Å²) in [5.74, 6) is -0.661. The second-order valence-electron chi connectivity index (χ2n) is 7.93. The van der Waals surface area contributed by atoms with E-state index < -0.39 is 17.7 Å². The van der Waals surface area contributed by atoms with Crippen molar-refractivity contribution in [3.63, 3.8) is 0 Å². The van der Waals surface area contributed by atoms with Crippen LogP contribution >= 0.6 is 22.7 Å². The van der Waals surface area contributed by atoms with Crippen LogP contribution in [-0.4, -0.2) is 41.9 Å². The quantitative estimate of drug-likeness (QED) is 0.347.